The molecule has 0 saturated carbocycles. The van der Waals surface area contributed by atoms with E-state index in [4.69, 9.17) is 4.74 Å². The average Bonchev–Trinajstić information content (AvgIpc) is 2.17. The van der Waals surface area contributed by atoms with Crippen LogP contribution in [0.5, 0.6) is 0 Å². The van der Waals surface area contributed by atoms with Crippen molar-refractivity contribution in [3.05, 3.63) is 24.3 Å². The molecule has 0 aromatic rings. The molecule has 0 aliphatic heterocycles. The molecule has 0 N–H and O–H groups in total. The number of hydrogen-bond acceptors (Lipinski definition) is 2. The fourth-order valence-electron chi connectivity index (χ4n) is 1.15. The van der Waals surface area contributed by atoms with Crippen LogP contribution in [0.2, 0.25) is 0 Å². The molecule has 0 unspecified atom stereocenters. The highest BCUT2D eigenvalue weighted by Gasteiger charge is 1.99. The van der Waals surface area contributed by atoms with Crippen LogP contribution in [0.25, 0.3) is 0 Å². The van der Waals surface area contributed by atoms with E-state index >= 15 is 0 Å². The summed E-state index contributed by atoms with van der Waals surface area (Å²) in [5.41, 5.74) is 0.969. The number of rotatable bonds is 7. The Kier molecular flexibility index (Phi) is 7.90. The molecule has 0 aromatic heterocycles. The van der Waals surface area contributed by atoms with E-state index in [1.807, 2.05) is 0 Å². The Bertz CT molecular complexity index is 204. The second kappa shape index (κ2) is 8.54. The van der Waals surface area contributed by atoms with E-state index in [0.29, 0.717) is 6.61 Å². The number of carbonyl (C=O) groups is 1. The van der Waals surface area contributed by atoms with Crippen molar-refractivity contribution in [3.63, 3.8) is 0 Å². The lowest BCUT2D eigenvalue weighted by Crippen LogP contribution is -2.00. The Morgan fingerprint density at radius 2 is 2.07 bits per heavy atom. The molecular weight excluding hydrogens is 176 g/mol. The van der Waals surface area contributed by atoms with Crippen LogP contribution in [0.4, 0.5) is 0 Å². The number of unbranched alkanes of at least 4 members (excludes halogenated alkanes) is 2. The van der Waals surface area contributed by atoms with Crippen molar-refractivity contribution in [2.75, 3.05) is 6.61 Å². The van der Waals surface area contributed by atoms with Crippen molar-refractivity contribution < 1.29 is 9.53 Å². The third kappa shape index (κ3) is 6.46. The first kappa shape index (κ1) is 12.9. The highest BCUT2D eigenvalue weighted by Crippen LogP contribution is 2.09. The molecule has 0 saturated heterocycles. The maximum absolute atomic E-state index is 11.1. The summed E-state index contributed by atoms with van der Waals surface area (Å²) in [4.78, 5) is 11.1. The summed E-state index contributed by atoms with van der Waals surface area (Å²) in [5.74, 6) is -0.265. The largest absolute Gasteiger partial charge is 0.463 e. The Labute approximate surface area is 86.6 Å². The first-order chi connectivity index (χ1) is 6.74. The molecule has 80 valence electrons. The summed E-state index contributed by atoms with van der Waals surface area (Å²) in [7, 11) is 0. The summed E-state index contributed by atoms with van der Waals surface area (Å²) in [6.07, 6.45) is 7.65. The van der Waals surface area contributed by atoms with Crippen molar-refractivity contribution in [3.8, 4) is 0 Å². The normalized spacial score (nSPS) is 11.1. The van der Waals surface area contributed by atoms with Gasteiger partial charge in [-0.3, -0.25) is 0 Å². The third-order valence-corrected chi connectivity index (χ3v) is 1.92. The number of carbonyl (C=O) groups excluding carboxylic acids is 1. The number of ether oxygens (including phenoxy) is 1. The van der Waals surface area contributed by atoms with Gasteiger partial charge in [0.2, 0.25) is 0 Å². The van der Waals surface area contributed by atoms with Gasteiger partial charge in [0, 0.05) is 6.08 Å². The lowest BCUT2D eigenvalue weighted by Gasteiger charge is -2.01. The molecule has 0 aliphatic rings. The monoisotopic (exact) mass is 196 g/mol. The van der Waals surface area contributed by atoms with Gasteiger partial charge in [0.25, 0.3) is 0 Å². The second-order valence-corrected chi connectivity index (χ2v) is 3.13. The predicted molar refractivity (Wildman–Crippen MR) is 59.1 cm³/mol. The lowest BCUT2D eigenvalue weighted by atomic mass is 10.1. The Morgan fingerprint density at radius 1 is 1.36 bits per heavy atom. The zero-order valence-electron chi connectivity index (χ0n) is 9.21. The van der Waals surface area contributed by atoms with E-state index in [9.17, 15) is 4.79 Å². The van der Waals surface area contributed by atoms with Gasteiger partial charge in [-0.25, -0.2) is 4.79 Å². The Balaban J connectivity index is 3.97. The molecule has 2 nitrogen and oxygen atoms in total. The molecule has 0 spiro atoms. The van der Waals surface area contributed by atoms with Crippen LogP contribution in [-0.2, 0) is 9.53 Å². The van der Waals surface area contributed by atoms with E-state index in [-0.39, 0.29) is 5.97 Å². The number of allylic oxidation sites excluding steroid dienone is 2. The van der Waals surface area contributed by atoms with Crippen LogP contribution in [-0.4, -0.2) is 12.6 Å². The first-order valence-electron chi connectivity index (χ1n) is 5.24. The van der Waals surface area contributed by atoms with Crippen LogP contribution in [0.3, 0.4) is 0 Å². The van der Waals surface area contributed by atoms with E-state index in [1.54, 1.807) is 13.0 Å². The summed E-state index contributed by atoms with van der Waals surface area (Å²) in [6.45, 7) is 8.06. The lowest BCUT2D eigenvalue weighted by molar-refractivity contribution is -0.137. The van der Waals surface area contributed by atoms with Crippen LogP contribution in [0, 0.1) is 0 Å². The van der Waals surface area contributed by atoms with Gasteiger partial charge in [-0.1, -0.05) is 32.4 Å². The molecule has 0 rings (SSSR count). The van der Waals surface area contributed by atoms with Crippen molar-refractivity contribution in [1.82, 2.24) is 0 Å². The topological polar surface area (TPSA) is 26.3 Å². The summed E-state index contributed by atoms with van der Waals surface area (Å²) in [6, 6.07) is 0. The third-order valence-electron chi connectivity index (χ3n) is 1.92. The maximum atomic E-state index is 11.1. The minimum absolute atomic E-state index is 0.265. The maximum Gasteiger partial charge on any atom is 0.331 e. The minimum atomic E-state index is -0.265. The molecule has 0 bridgehead atoms. The SMILES string of the molecule is C=C/C(=C\C(=O)OCC)CCCCC. The van der Waals surface area contributed by atoms with Crippen molar-refractivity contribution in [2.45, 2.75) is 39.5 Å². The first-order valence-corrected chi connectivity index (χ1v) is 5.24. The van der Waals surface area contributed by atoms with Crippen LogP contribution < -0.4 is 0 Å². The molecule has 0 aromatic carbocycles. The Morgan fingerprint density at radius 3 is 2.57 bits per heavy atom. The van der Waals surface area contributed by atoms with Crippen molar-refractivity contribution in [1.29, 1.82) is 0 Å². The van der Waals surface area contributed by atoms with Gasteiger partial charge in [-0.2, -0.15) is 0 Å². The molecule has 0 fully saturated rings. The van der Waals surface area contributed by atoms with Crippen LogP contribution >= 0.6 is 0 Å². The predicted octanol–water partition coefficient (Wildman–Crippen LogP) is 3.24. The average molecular weight is 196 g/mol. The standard InChI is InChI=1S/C12H20O2/c1-4-7-8-9-11(5-2)10-12(13)14-6-3/h5,10H,2,4,6-9H2,1,3H3/b11-10+. The van der Waals surface area contributed by atoms with Gasteiger partial charge in [-0.15, -0.1) is 0 Å². The quantitative estimate of drug-likeness (QED) is 0.270. The van der Waals surface area contributed by atoms with Gasteiger partial charge in [0.1, 0.15) is 0 Å². The van der Waals surface area contributed by atoms with Crippen molar-refractivity contribution >= 4 is 5.97 Å². The van der Waals surface area contributed by atoms with Crippen LogP contribution in [0.15, 0.2) is 24.3 Å². The van der Waals surface area contributed by atoms with E-state index in [2.05, 4.69) is 13.5 Å². The van der Waals surface area contributed by atoms with E-state index in [0.717, 1.165) is 18.4 Å². The summed E-state index contributed by atoms with van der Waals surface area (Å²) < 4.78 is 4.82. The van der Waals surface area contributed by atoms with E-state index in [1.165, 1.54) is 18.9 Å². The highest BCUT2D eigenvalue weighted by molar-refractivity contribution is 5.83. The van der Waals surface area contributed by atoms with Gasteiger partial charge < -0.3 is 4.74 Å². The second-order valence-electron chi connectivity index (χ2n) is 3.13. The summed E-state index contributed by atoms with van der Waals surface area (Å²) in [5, 5.41) is 0. The molecule has 14 heavy (non-hydrogen) atoms. The zero-order chi connectivity index (χ0) is 10.8. The van der Waals surface area contributed by atoms with Crippen molar-refractivity contribution in [2.24, 2.45) is 0 Å². The van der Waals surface area contributed by atoms with E-state index < -0.39 is 0 Å². The van der Waals surface area contributed by atoms with Gasteiger partial charge in [-0.05, 0) is 25.3 Å². The fourth-order valence-corrected chi connectivity index (χ4v) is 1.15. The molecule has 0 heterocycles. The van der Waals surface area contributed by atoms with Gasteiger partial charge in [0.05, 0.1) is 6.61 Å². The molecule has 0 atom stereocenters. The molecule has 2 heteroatoms. The molecule has 0 aliphatic carbocycles. The molecular formula is C12H20O2. The van der Waals surface area contributed by atoms with Gasteiger partial charge >= 0.3 is 5.97 Å². The highest BCUT2D eigenvalue weighted by atomic mass is 16.5. The fraction of sp³-hybridized carbons (Fsp3) is 0.583. The zero-order valence-corrected chi connectivity index (χ0v) is 9.21. The minimum Gasteiger partial charge on any atom is -0.463 e. The smallest absolute Gasteiger partial charge is 0.331 e. The van der Waals surface area contributed by atoms with Crippen LogP contribution in [0.1, 0.15) is 39.5 Å². The number of hydrogen-bond donors (Lipinski definition) is 0. The Hall–Kier alpha value is -1.05. The molecule has 0 amide bonds. The molecule has 0 radical (unpaired) electrons. The van der Waals surface area contributed by atoms with Gasteiger partial charge in [0.15, 0.2) is 0 Å². The summed E-state index contributed by atoms with van der Waals surface area (Å²) >= 11 is 0. The number of esters is 1.